The van der Waals surface area contributed by atoms with Gasteiger partial charge in [0, 0.05) is 13.5 Å². The monoisotopic (exact) mass is 200 g/mol. The topological polar surface area (TPSA) is 69.6 Å². The van der Waals surface area contributed by atoms with Gasteiger partial charge in [-0.05, 0) is 13.3 Å². The molecule has 5 nitrogen and oxygen atoms in total. The van der Waals surface area contributed by atoms with Gasteiger partial charge in [-0.25, -0.2) is 0 Å². The van der Waals surface area contributed by atoms with Crippen LogP contribution >= 0.6 is 0 Å². The lowest BCUT2D eigenvalue weighted by Gasteiger charge is -2.25. The second-order valence-electron chi connectivity index (χ2n) is 3.64. The molecule has 0 bridgehead atoms. The highest BCUT2D eigenvalue weighted by molar-refractivity contribution is 5.90. The molecule has 80 valence electrons. The number of aliphatic hydroxyl groups excluding tert-OH is 1. The van der Waals surface area contributed by atoms with Crippen LogP contribution in [0, 0.1) is 0 Å². The standard InChI is InChI=1S/C9H16N2O3/c1-6(5-12)11(2)9(14)7-3-4-8(13)10-7/h6-7,12H,3-5H2,1-2H3,(H,10,13). The van der Waals surface area contributed by atoms with E-state index in [4.69, 9.17) is 5.11 Å². The minimum absolute atomic E-state index is 0.0666. The van der Waals surface area contributed by atoms with Crippen LogP contribution in [0.4, 0.5) is 0 Å². The van der Waals surface area contributed by atoms with E-state index in [1.54, 1.807) is 14.0 Å². The number of hydrogen-bond acceptors (Lipinski definition) is 3. The van der Waals surface area contributed by atoms with Crippen LogP contribution in [0.1, 0.15) is 19.8 Å². The zero-order valence-electron chi connectivity index (χ0n) is 8.49. The molecule has 0 aromatic rings. The Morgan fingerprint density at radius 2 is 2.43 bits per heavy atom. The van der Waals surface area contributed by atoms with Crippen molar-refractivity contribution in [3.05, 3.63) is 0 Å². The summed E-state index contributed by atoms with van der Waals surface area (Å²) in [6, 6.07) is -0.610. The van der Waals surface area contributed by atoms with Crippen molar-refractivity contribution in [3.63, 3.8) is 0 Å². The molecule has 2 atom stereocenters. The Kier molecular flexibility index (Phi) is 3.46. The molecule has 5 heteroatoms. The highest BCUT2D eigenvalue weighted by atomic mass is 16.3. The van der Waals surface area contributed by atoms with Crippen LogP contribution in [0.15, 0.2) is 0 Å². The van der Waals surface area contributed by atoms with Gasteiger partial charge in [0.1, 0.15) is 6.04 Å². The molecule has 1 saturated heterocycles. The number of carbonyl (C=O) groups excluding carboxylic acids is 2. The van der Waals surface area contributed by atoms with Crippen molar-refractivity contribution in [2.75, 3.05) is 13.7 Å². The number of amides is 2. The number of nitrogens with one attached hydrogen (secondary N) is 1. The van der Waals surface area contributed by atoms with Gasteiger partial charge in [0.15, 0.2) is 0 Å². The van der Waals surface area contributed by atoms with E-state index in [-0.39, 0.29) is 24.5 Å². The third-order valence-corrected chi connectivity index (χ3v) is 2.57. The molecule has 0 saturated carbocycles. The number of likely N-dealkylation sites (N-methyl/N-ethyl adjacent to an activating group) is 1. The van der Waals surface area contributed by atoms with Crippen LogP contribution in [0.25, 0.3) is 0 Å². The summed E-state index contributed by atoms with van der Waals surface area (Å²) in [4.78, 5) is 24.0. The number of hydrogen-bond donors (Lipinski definition) is 2. The summed E-state index contributed by atoms with van der Waals surface area (Å²) in [6.07, 6.45) is 0.970. The lowest BCUT2D eigenvalue weighted by atomic mass is 10.2. The van der Waals surface area contributed by atoms with Crippen molar-refractivity contribution in [1.82, 2.24) is 10.2 Å². The number of nitrogens with zero attached hydrogens (tertiary/aromatic N) is 1. The zero-order valence-corrected chi connectivity index (χ0v) is 8.49. The maximum Gasteiger partial charge on any atom is 0.245 e. The molecule has 0 aromatic heterocycles. The van der Waals surface area contributed by atoms with E-state index in [1.807, 2.05) is 0 Å². The molecule has 1 fully saturated rings. The molecule has 0 spiro atoms. The fourth-order valence-corrected chi connectivity index (χ4v) is 1.38. The van der Waals surface area contributed by atoms with Gasteiger partial charge in [-0.15, -0.1) is 0 Å². The third-order valence-electron chi connectivity index (χ3n) is 2.57. The Bertz CT molecular complexity index is 242. The van der Waals surface area contributed by atoms with Gasteiger partial charge < -0.3 is 15.3 Å². The molecular weight excluding hydrogens is 184 g/mol. The van der Waals surface area contributed by atoms with E-state index in [9.17, 15) is 9.59 Å². The van der Waals surface area contributed by atoms with Crippen LogP contribution < -0.4 is 5.32 Å². The predicted molar refractivity (Wildman–Crippen MR) is 50.5 cm³/mol. The van der Waals surface area contributed by atoms with Crippen molar-refractivity contribution in [2.45, 2.75) is 31.8 Å². The van der Waals surface area contributed by atoms with E-state index in [0.29, 0.717) is 12.8 Å². The maximum absolute atomic E-state index is 11.7. The average Bonchev–Trinajstić information content (AvgIpc) is 2.61. The fourth-order valence-electron chi connectivity index (χ4n) is 1.38. The Labute approximate surface area is 83.1 Å². The summed E-state index contributed by atoms with van der Waals surface area (Å²) < 4.78 is 0. The Hall–Kier alpha value is -1.10. The van der Waals surface area contributed by atoms with Gasteiger partial charge in [0.05, 0.1) is 12.6 Å². The molecule has 1 heterocycles. The molecular formula is C9H16N2O3. The summed E-state index contributed by atoms with van der Waals surface area (Å²) in [7, 11) is 1.63. The van der Waals surface area contributed by atoms with E-state index >= 15 is 0 Å². The second kappa shape index (κ2) is 4.41. The first-order valence-electron chi connectivity index (χ1n) is 4.73. The molecule has 0 radical (unpaired) electrons. The highest BCUT2D eigenvalue weighted by Gasteiger charge is 2.30. The molecule has 1 aliphatic rings. The molecule has 1 aliphatic heterocycles. The number of aliphatic hydroxyl groups is 1. The Morgan fingerprint density at radius 3 is 2.86 bits per heavy atom. The molecule has 2 amide bonds. The third kappa shape index (κ3) is 2.23. The van der Waals surface area contributed by atoms with Crippen molar-refractivity contribution in [3.8, 4) is 0 Å². The van der Waals surface area contributed by atoms with Crippen molar-refractivity contribution < 1.29 is 14.7 Å². The summed E-state index contributed by atoms with van der Waals surface area (Å²) in [5.74, 6) is -0.203. The quantitative estimate of drug-likeness (QED) is 0.620. The van der Waals surface area contributed by atoms with E-state index in [0.717, 1.165) is 0 Å². The summed E-state index contributed by atoms with van der Waals surface area (Å²) in [5.41, 5.74) is 0. The van der Waals surface area contributed by atoms with Gasteiger partial charge in [-0.3, -0.25) is 9.59 Å². The largest absolute Gasteiger partial charge is 0.394 e. The van der Waals surface area contributed by atoms with E-state index < -0.39 is 6.04 Å². The van der Waals surface area contributed by atoms with Crippen LogP contribution in [0.3, 0.4) is 0 Å². The normalized spacial score (nSPS) is 23.1. The molecule has 0 aromatic carbocycles. The van der Waals surface area contributed by atoms with E-state index in [2.05, 4.69) is 5.32 Å². The van der Waals surface area contributed by atoms with Gasteiger partial charge in [0.2, 0.25) is 11.8 Å². The summed E-state index contributed by atoms with van der Waals surface area (Å²) >= 11 is 0. The number of rotatable bonds is 3. The lowest BCUT2D eigenvalue weighted by Crippen LogP contribution is -2.47. The van der Waals surface area contributed by atoms with Crippen LogP contribution in [-0.2, 0) is 9.59 Å². The Balaban J connectivity index is 2.52. The van der Waals surface area contributed by atoms with Crippen LogP contribution in [0.2, 0.25) is 0 Å². The Morgan fingerprint density at radius 1 is 1.79 bits per heavy atom. The zero-order chi connectivity index (χ0) is 10.7. The van der Waals surface area contributed by atoms with Gasteiger partial charge >= 0.3 is 0 Å². The van der Waals surface area contributed by atoms with Crippen molar-refractivity contribution >= 4 is 11.8 Å². The molecule has 2 N–H and O–H groups in total. The molecule has 1 rings (SSSR count). The number of carbonyl (C=O) groups is 2. The summed E-state index contributed by atoms with van der Waals surface area (Å²) in [6.45, 7) is 1.69. The first-order chi connectivity index (χ1) is 6.56. The molecule has 14 heavy (non-hydrogen) atoms. The minimum atomic E-state index is -0.401. The van der Waals surface area contributed by atoms with Crippen LogP contribution in [0.5, 0.6) is 0 Å². The van der Waals surface area contributed by atoms with Gasteiger partial charge in [0.25, 0.3) is 0 Å². The molecule has 2 unspecified atom stereocenters. The SMILES string of the molecule is CC(CO)N(C)C(=O)C1CCC(=O)N1. The highest BCUT2D eigenvalue weighted by Crippen LogP contribution is 2.10. The van der Waals surface area contributed by atoms with Crippen molar-refractivity contribution in [1.29, 1.82) is 0 Å². The maximum atomic E-state index is 11.7. The average molecular weight is 200 g/mol. The van der Waals surface area contributed by atoms with Crippen molar-refractivity contribution in [2.24, 2.45) is 0 Å². The molecule has 0 aliphatic carbocycles. The first kappa shape index (κ1) is 11.0. The van der Waals surface area contributed by atoms with Crippen LogP contribution in [-0.4, -0.2) is 47.6 Å². The minimum Gasteiger partial charge on any atom is -0.394 e. The fraction of sp³-hybridized carbons (Fsp3) is 0.778. The lowest BCUT2D eigenvalue weighted by molar-refractivity contribution is -0.135. The van der Waals surface area contributed by atoms with E-state index in [1.165, 1.54) is 4.90 Å². The van der Waals surface area contributed by atoms with Gasteiger partial charge in [-0.1, -0.05) is 0 Å². The second-order valence-corrected chi connectivity index (χ2v) is 3.64. The predicted octanol–water partition coefficient (Wildman–Crippen LogP) is -0.896. The smallest absolute Gasteiger partial charge is 0.245 e. The summed E-state index contributed by atoms with van der Waals surface area (Å²) in [5, 5.41) is 11.5. The van der Waals surface area contributed by atoms with Gasteiger partial charge in [-0.2, -0.15) is 0 Å². The first-order valence-corrected chi connectivity index (χ1v) is 4.73.